The van der Waals surface area contributed by atoms with Gasteiger partial charge in [-0.3, -0.25) is 0 Å². The van der Waals surface area contributed by atoms with Crippen molar-refractivity contribution in [3.05, 3.63) is 13.4 Å². The minimum Gasteiger partial charge on any atom is -0.412 e. The molecule has 0 radical (unpaired) electrons. The van der Waals surface area contributed by atoms with Crippen molar-refractivity contribution in [3.8, 4) is 0 Å². The van der Waals surface area contributed by atoms with E-state index in [1.165, 1.54) is 0 Å². The van der Waals surface area contributed by atoms with Crippen LogP contribution >= 0.6 is 0 Å². The molecule has 8 heteroatoms. The Morgan fingerprint density at radius 2 is 0.600 bits per heavy atom. The van der Waals surface area contributed by atoms with Crippen LogP contribution in [0.5, 0.6) is 0 Å². The Morgan fingerprint density at radius 1 is 0.600 bits per heavy atom. The van der Waals surface area contributed by atoms with E-state index in [1.54, 1.807) is 0 Å². The monoisotopic (exact) mass is 204 g/mol. The molecule has 0 aliphatic heterocycles. The van der Waals surface area contributed by atoms with Gasteiger partial charge in [-0.05, 0) is 0 Å². The average molecular weight is 204 g/mol. The molecule has 0 saturated carbocycles. The van der Waals surface area contributed by atoms with Crippen LogP contribution in [0.15, 0.2) is 0 Å². The first-order valence-electron chi connectivity index (χ1n) is 1.13. The standard InChI is InChI=1S/2CF3.H2O.Ti/c2*2-1(3)4;;/h;;1H2;/q2*-1;;+2. The fraction of sp³-hybridized carbons (Fsp3) is 0. The predicted octanol–water partition coefficient (Wildman–Crippen LogP) is 1.86. The van der Waals surface area contributed by atoms with Gasteiger partial charge in [-0.15, -0.1) is 0 Å². The Labute approximate surface area is 67.6 Å². The van der Waals surface area contributed by atoms with Crippen LogP contribution in [0.25, 0.3) is 0 Å². The van der Waals surface area contributed by atoms with Crippen LogP contribution in [-0.2, 0) is 21.7 Å². The first-order chi connectivity index (χ1) is 3.46. The van der Waals surface area contributed by atoms with E-state index in [0.29, 0.717) is 0 Å². The molecular weight excluding hydrogens is 202 g/mol. The zero-order valence-electron chi connectivity index (χ0n) is 4.27. The zero-order chi connectivity index (χ0) is 7.15. The molecule has 62 valence electrons. The third-order valence-corrected chi connectivity index (χ3v) is 0. The van der Waals surface area contributed by atoms with E-state index in [1.807, 2.05) is 0 Å². The molecule has 0 aliphatic carbocycles. The normalized spacial score (nSPS) is 7.20. The fourth-order valence-corrected chi connectivity index (χ4v) is 0. The van der Waals surface area contributed by atoms with Crippen molar-refractivity contribution in [1.82, 2.24) is 0 Å². The summed E-state index contributed by atoms with van der Waals surface area (Å²) in [5.74, 6) is 0. The summed E-state index contributed by atoms with van der Waals surface area (Å²) in [5.41, 5.74) is 0. The quantitative estimate of drug-likeness (QED) is 0.327. The van der Waals surface area contributed by atoms with Crippen molar-refractivity contribution >= 4 is 0 Å². The predicted molar refractivity (Wildman–Crippen MR) is 16.7 cm³/mol. The van der Waals surface area contributed by atoms with Crippen LogP contribution < -0.4 is 0 Å². The van der Waals surface area contributed by atoms with Gasteiger partial charge in [-0.25, -0.2) is 0 Å². The molecule has 0 aromatic heterocycles. The molecule has 10 heavy (non-hydrogen) atoms. The summed E-state index contributed by atoms with van der Waals surface area (Å²) in [6.07, 6.45) is 0. The van der Waals surface area contributed by atoms with E-state index in [4.69, 9.17) is 0 Å². The van der Waals surface area contributed by atoms with Crippen LogP contribution in [0.4, 0.5) is 26.3 Å². The van der Waals surface area contributed by atoms with Gasteiger partial charge in [-0.2, -0.15) is 0 Å². The molecule has 0 aliphatic rings. The summed E-state index contributed by atoms with van der Waals surface area (Å²) in [6.45, 7) is -6.17. The Kier molecular flexibility index (Phi) is 36.2. The second kappa shape index (κ2) is 16.1. The number of halogens is 6. The van der Waals surface area contributed by atoms with E-state index in [9.17, 15) is 26.3 Å². The summed E-state index contributed by atoms with van der Waals surface area (Å²) >= 11 is 0. The summed E-state index contributed by atoms with van der Waals surface area (Å²) in [4.78, 5) is 0. The minimum absolute atomic E-state index is 0. The topological polar surface area (TPSA) is 31.5 Å². The third kappa shape index (κ3) is 6720. The van der Waals surface area contributed by atoms with E-state index >= 15 is 0 Å². The van der Waals surface area contributed by atoms with Crippen LogP contribution in [0.2, 0.25) is 0 Å². The first-order valence-corrected chi connectivity index (χ1v) is 1.13. The zero-order valence-corrected chi connectivity index (χ0v) is 5.83. The van der Waals surface area contributed by atoms with Crippen LogP contribution in [0.3, 0.4) is 0 Å². The van der Waals surface area contributed by atoms with Crippen molar-refractivity contribution in [1.29, 1.82) is 0 Å². The summed E-state index contributed by atoms with van der Waals surface area (Å²) in [5, 5.41) is 0. The van der Waals surface area contributed by atoms with Crippen molar-refractivity contribution in [3.63, 3.8) is 0 Å². The second-order valence-corrected chi connectivity index (χ2v) is 0.429. The molecule has 0 saturated heterocycles. The molecule has 0 spiro atoms. The molecule has 0 bridgehead atoms. The summed E-state index contributed by atoms with van der Waals surface area (Å²) < 4.78 is 57.5. The summed E-state index contributed by atoms with van der Waals surface area (Å²) in [7, 11) is 0. The van der Waals surface area contributed by atoms with E-state index < -0.39 is 13.4 Å². The van der Waals surface area contributed by atoms with Crippen molar-refractivity contribution in [2.24, 2.45) is 0 Å². The molecule has 1 nitrogen and oxygen atoms in total. The average Bonchev–Trinajstić information content (AvgIpc) is 1.25. The molecular formula is C2H2F6OTi. The maximum atomic E-state index is 9.58. The number of hydrogen-bond donors (Lipinski definition) is 0. The Hall–Kier alpha value is 0.254. The van der Waals surface area contributed by atoms with Crippen LogP contribution in [-0.4, -0.2) is 5.48 Å². The van der Waals surface area contributed by atoms with Crippen molar-refractivity contribution in [2.45, 2.75) is 0 Å². The van der Waals surface area contributed by atoms with Crippen molar-refractivity contribution in [2.75, 3.05) is 0 Å². The van der Waals surface area contributed by atoms with Gasteiger partial charge in [0.25, 0.3) is 0 Å². The summed E-state index contributed by atoms with van der Waals surface area (Å²) in [6, 6.07) is 0. The molecule has 0 unspecified atom stereocenters. The van der Waals surface area contributed by atoms with Gasteiger partial charge < -0.3 is 31.8 Å². The molecule has 0 heterocycles. The van der Waals surface area contributed by atoms with E-state index in [-0.39, 0.29) is 27.2 Å². The first kappa shape index (κ1) is 22.5. The van der Waals surface area contributed by atoms with Gasteiger partial charge in [0.15, 0.2) is 13.4 Å². The van der Waals surface area contributed by atoms with Gasteiger partial charge in [-0.1, -0.05) is 0 Å². The number of hydrogen-bond acceptors (Lipinski definition) is 0. The smallest absolute Gasteiger partial charge is 0.412 e. The Morgan fingerprint density at radius 3 is 0.600 bits per heavy atom. The number of rotatable bonds is 0. The van der Waals surface area contributed by atoms with E-state index in [0.717, 1.165) is 0 Å². The maximum absolute atomic E-state index is 9.58. The molecule has 0 aromatic carbocycles. The minimum atomic E-state index is -3.08. The van der Waals surface area contributed by atoms with Gasteiger partial charge in [0, 0.05) is 0 Å². The molecule has 0 amide bonds. The third-order valence-electron chi connectivity index (χ3n) is 0. The molecule has 2 N–H and O–H groups in total. The molecule has 0 fully saturated rings. The van der Waals surface area contributed by atoms with Gasteiger partial charge in [0.1, 0.15) is 0 Å². The van der Waals surface area contributed by atoms with E-state index in [2.05, 4.69) is 0 Å². The maximum Gasteiger partial charge on any atom is 2.00 e. The largest absolute Gasteiger partial charge is 2.00 e. The van der Waals surface area contributed by atoms with Gasteiger partial charge in [0.2, 0.25) is 0 Å². The molecule has 0 aromatic rings. The van der Waals surface area contributed by atoms with Gasteiger partial charge in [0.05, 0.1) is 0 Å². The Bertz CT molecular complexity index is 31.2. The van der Waals surface area contributed by atoms with Gasteiger partial charge >= 0.3 is 21.7 Å². The Balaban J connectivity index is -0.0000000300. The molecule has 0 atom stereocenters. The van der Waals surface area contributed by atoms with Crippen molar-refractivity contribution < 1.29 is 53.5 Å². The molecule has 0 rings (SSSR count). The second-order valence-electron chi connectivity index (χ2n) is 0.429. The van der Waals surface area contributed by atoms with Crippen LogP contribution in [0.1, 0.15) is 0 Å². The SMILES string of the molecule is F[C-](F)F.F[C-](F)F.O.[Ti+2]. The van der Waals surface area contributed by atoms with Crippen LogP contribution in [0, 0.1) is 13.4 Å². The fourth-order valence-electron chi connectivity index (χ4n) is 0.